The lowest BCUT2D eigenvalue weighted by molar-refractivity contribution is 0.0977. The molecule has 0 unspecified atom stereocenters. The second-order valence-corrected chi connectivity index (χ2v) is 7.50. The van der Waals surface area contributed by atoms with Crippen LogP contribution in [0.15, 0.2) is 71.1 Å². The summed E-state index contributed by atoms with van der Waals surface area (Å²) in [7, 11) is 1.58. The fourth-order valence-electron chi connectivity index (χ4n) is 3.12. The number of anilines is 1. The first-order chi connectivity index (χ1) is 15.0. The predicted octanol–water partition coefficient (Wildman–Crippen LogP) is 4.86. The van der Waals surface area contributed by atoms with E-state index >= 15 is 0 Å². The van der Waals surface area contributed by atoms with E-state index in [0.29, 0.717) is 23.6 Å². The van der Waals surface area contributed by atoms with Gasteiger partial charge in [0.1, 0.15) is 11.3 Å². The van der Waals surface area contributed by atoms with Crippen molar-refractivity contribution in [2.45, 2.75) is 13.3 Å². The number of ether oxygens (including phenoxy) is 1. The summed E-state index contributed by atoms with van der Waals surface area (Å²) in [6, 6.07) is 20.5. The molecule has 0 spiro atoms. The lowest BCUT2D eigenvalue weighted by atomic mass is 10.1. The number of carbonyl (C=O) groups excluding carboxylic acids is 1. The molecule has 0 fully saturated rings. The molecule has 0 radical (unpaired) electrons. The number of thiocarbonyl (C=S) groups is 1. The van der Waals surface area contributed by atoms with Crippen LogP contribution in [0, 0.1) is 6.92 Å². The first kappa shape index (κ1) is 20.6. The van der Waals surface area contributed by atoms with Crippen molar-refractivity contribution in [3.05, 3.63) is 89.3 Å². The molecular formula is C24H21N3O3S. The highest BCUT2D eigenvalue weighted by Crippen LogP contribution is 2.20. The lowest BCUT2D eigenvalue weighted by Crippen LogP contribution is -2.34. The highest BCUT2D eigenvalue weighted by atomic mass is 32.1. The molecule has 0 atom stereocenters. The van der Waals surface area contributed by atoms with Crippen molar-refractivity contribution in [3.63, 3.8) is 0 Å². The predicted molar refractivity (Wildman–Crippen MR) is 125 cm³/mol. The Balaban J connectivity index is 1.34. The average Bonchev–Trinajstić information content (AvgIpc) is 3.16. The quantitative estimate of drug-likeness (QED) is 0.440. The van der Waals surface area contributed by atoms with Gasteiger partial charge in [-0.3, -0.25) is 10.1 Å². The molecule has 1 heterocycles. The number of amides is 1. The van der Waals surface area contributed by atoms with Crippen LogP contribution in [0.4, 0.5) is 5.69 Å². The number of nitrogens with zero attached hydrogens (tertiary/aromatic N) is 1. The first-order valence-electron chi connectivity index (χ1n) is 9.71. The number of aromatic nitrogens is 1. The Bertz CT molecular complexity index is 1230. The molecule has 7 heteroatoms. The minimum Gasteiger partial charge on any atom is -0.497 e. The van der Waals surface area contributed by atoms with Crippen molar-refractivity contribution in [2.75, 3.05) is 12.4 Å². The maximum Gasteiger partial charge on any atom is 0.257 e. The Morgan fingerprint density at radius 3 is 2.52 bits per heavy atom. The smallest absolute Gasteiger partial charge is 0.257 e. The van der Waals surface area contributed by atoms with E-state index in [1.54, 1.807) is 31.4 Å². The molecular weight excluding hydrogens is 410 g/mol. The SMILES string of the molecule is COc1ccc(C(=O)NC(=S)Nc2ccc(Cc3nc4cc(C)ccc4o3)cc2)cc1. The number of methoxy groups -OCH3 is 1. The Hall–Kier alpha value is -3.71. The van der Waals surface area contributed by atoms with E-state index in [-0.39, 0.29) is 11.0 Å². The van der Waals surface area contributed by atoms with Crippen LogP contribution in [0.3, 0.4) is 0 Å². The van der Waals surface area contributed by atoms with Crippen molar-refractivity contribution in [3.8, 4) is 5.75 Å². The third kappa shape index (κ3) is 5.07. The van der Waals surface area contributed by atoms with E-state index in [4.69, 9.17) is 21.4 Å². The van der Waals surface area contributed by atoms with Crippen LogP contribution < -0.4 is 15.4 Å². The van der Waals surface area contributed by atoms with Gasteiger partial charge in [-0.1, -0.05) is 18.2 Å². The normalized spacial score (nSPS) is 10.6. The Morgan fingerprint density at radius 1 is 1.06 bits per heavy atom. The summed E-state index contributed by atoms with van der Waals surface area (Å²) >= 11 is 5.25. The highest BCUT2D eigenvalue weighted by molar-refractivity contribution is 7.80. The van der Waals surface area contributed by atoms with Gasteiger partial charge in [0, 0.05) is 17.7 Å². The summed E-state index contributed by atoms with van der Waals surface area (Å²) < 4.78 is 10.9. The number of hydrogen-bond acceptors (Lipinski definition) is 5. The van der Waals surface area contributed by atoms with E-state index in [2.05, 4.69) is 15.6 Å². The lowest BCUT2D eigenvalue weighted by Gasteiger charge is -2.10. The molecule has 4 rings (SSSR count). The van der Waals surface area contributed by atoms with Gasteiger partial charge in [-0.25, -0.2) is 4.98 Å². The van der Waals surface area contributed by atoms with Crippen molar-refractivity contribution < 1.29 is 13.9 Å². The second-order valence-electron chi connectivity index (χ2n) is 7.09. The van der Waals surface area contributed by atoms with Gasteiger partial charge in [-0.15, -0.1) is 0 Å². The van der Waals surface area contributed by atoms with E-state index in [9.17, 15) is 4.79 Å². The average molecular weight is 432 g/mol. The largest absolute Gasteiger partial charge is 0.497 e. The van der Waals surface area contributed by atoms with Crippen LogP contribution >= 0.6 is 12.2 Å². The van der Waals surface area contributed by atoms with Gasteiger partial charge in [0.2, 0.25) is 0 Å². The molecule has 31 heavy (non-hydrogen) atoms. The van der Waals surface area contributed by atoms with Crippen molar-refractivity contribution in [2.24, 2.45) is 0 Å². The summed E-state index contributed by atoms with van der Waals surface area (Å²) in [4.78, 5) is 16.9. The molecule has 0 saturated heterocycles. The first-order valence-corrected chi connectivity index (χ1v) is 10.1. The zero-order chi connectivity index (χ0) is 21.8. The monoisotopic (exact) mass is 431 g/mol. The standard InChI is InChI=1S/C24H21N3O3S/c1-15-3-12-21-20(13-15)26-22(30-21)14-16-4-8-18(9-5-16)25-24(31)27-23(28)17-6-10-19(29-2)11-7-17/h3-13H,14H2,1-2H3,(H2,25,27,28,31). The van der Waals surface area contributed by atoms with Gasteiger partial charge in [0.25, 0.3) is 5.91 Å². The number of aryl methyl sites for hydroxylation is 1. The summed E-state index contributed by atoms with van der Waals surface area (Å²) in [5.41, 5.74) is 5.13. The summed E-state index contributed by atoms with van der Waals surface area (Å²) in [5.74, 6) is 1.07. The number of carbonyl (C=O) groups is 1. The van der Waals surface area contributed by atoms with Crippen molar-refractivity contribution >= 4 is 40.0 Å². The van der Waals surface area contributed by atoms with Gasteiger partial charge in [-0.05, 0) is 78.8 Å². The third-order valence-electron chi connectivity index (χ3n) is 4.73. The number of nitrogens with one attached hydrogen (secondary N) is 2. The summed E-state index contributed by atoms with van der Waals surface area (Å²) in [6.07, 6.45) is 0.590. The van der Waals surface area contributed by atoms with Gasteiger partial charge in [-0.2, -0.15) is 0 Å². The number of oxazole rings is 1. The molecule has 3 aromatic carbocycles. The van der Waals surface area contributed by atoms with E-state index in [1.807, 2.05) is 49.4 Å². The molecule has 6 nitrogen and oxygen atoms in total. The molecule has 1 amide bonds. The Morgan fingerprint density at radius 2 is 1.81 bits per heavy atom. The van der Waals surface area contributed by atoms with Crippen LogP contribution in [-0.4, -0.2) is 23.1 Å². The molecule has 156 valence electrons. The zero-order valence-electron chi connectivity index (χ0n) is 17.1. The van der Waals surface area contributed by atoms with Crippen LogP contribution in [0.5, 0.6) is 5.75 Å². The molecule has 0 aliphatic rings. The minimum atomic E-state index is -0.289. The third-order valence-corrected chi connectivity index (χ3v) is 4.94. The fourth-order valence-corrected chi connectivity index (χ4v) is 3.33. The van der Waals surface area contributed by atoms with Gasteiger partial charge in [0.15, 0.2) is 16.6 Å². The van der Waals surface area contributed by atoms with Crippen LogP contribution in [0.25, 0.3) is 11.1 Å². The molecule has 2 N–H and O–H groups in total. The van der Waals surface area contributed by atoms with E-state index in [0.717, 1.165) is 27.9 Å². The maximum atomic E-state index is 12.3. The van der Waals surface area contributed by atoms with E-state index in [1.165, 1.54) is 0 Å². The zero-order valence-corrected chi connectivity index (χ0v) is 18.0. The molecule has 0 saturated carbocycles. The van der Waals surface area contributed by atoms with Crippen LogP contribution in [0.1, 0.15) is 27.4 Å². The number of rotatable bonds is 5. The second kappa shape index (κ2) is 8.97. The molecule has 0 aliphatic carbocycles. The van der Waals surface area contributed by atoms with Crippen LogP contribution in [-0.2, 0) is 6.42 Å². The Kier molecular flexibility index (Phi) is 5.95. The van der Waals surface area contributed by atoms with Gasteiger partial charge >= 0.3 is 0 Å². The summed E-state index contributed by atoms with van der Waals surface area (Å²) in [5, 5.41) is 5.92. The Labute approximate surface area is 185 Å². The number of fused-ring (bicyclic) bond motifs is 1. The summed E-state index contributed by atoms with van der Waals surface area (Å²) in [6.45, 7) is 2.03. The highest BCUT2D eigenvalue weighted by Gasteiger charge is 2.09. The number of benzene rings is 3. The minimum absolute atomic E-state index is 0.225. The fraction of sp³-hybridized carbons (Fsp3) is 0.125. The molecule has 1 aromatic heterocycles. The van der Waals surface area contributed by atoms with Gasteiger partial charge in [0.05, 0.1) is 7.11 Å². The molecule has 0 aliphatic heterocycles. The van der Waals surface area contributed by atoms with E-state index < -0.39 is 0 Å². The van der Waals surface area contributed by atoms with Gasteiger partial charge < -0.3 is 14.5 Å². The number of hydrogen-bond donors (Lipinski definition) is 2. The van der Waals surface area contributed by atoms with Crippen LogP contribution in [0.2, 0.25) is 0 Å². The molecule has 4 aromatic rings. The topological polar surface area (TPSA) is 76.4 Å². The van der Waals surface area contributed by atoms with Crippen molar-refractivity contribution in [1.82, 2.24) is 10.3 Å². The maximum absolute atomic E-state index is 12.3. The molecule has 0 bridgehead atoms. The van der Waals surface area contributed by atoms with Crippen molar-refractivity contribution in [1.29, 1.82) is 0 Å².